The first-order valence-corrected chi connectivity index (χ1v) is 4.06. The molecule has 0 bridgehead atoms. The molecule has 1 aromatic carbocycles. The monoisotopic (exact) mass is 205 g/mol. The van der Waals surface area contributed by atoms with Gasteiger partial charge in [0, 0.05) is 11.1 Å². The molecule has 0 amide bonds. The van der Waals surface area contributed by atoms with E-state index in [1.165, 1.54) is 5.56 Å². The van der Waals surface area contributed by atoms with E-state index in [1.807, 2.05) is 31.2 Å². The Labute approximate surface area is 84.3 Å². The summed E-state index contributed by atoms with van der Waals surface area (Å²) in [6.07, 6.45) is 0.914. The van der Waals surface area contributed by atoms with Gasteiger partial charge in [0.25, 0.3) is 0 Å². The van der Waals surface area contributed by atoms with E-state index in [4.69, 9.17) is 17.3 Å². The minimum absolute atomic E-state index is 0. The normalized spacial score (nSPS) is 11.9. The second kappa shape index (κ2) is 5.41. The van der Waals surface area contributed by atoms with Crippen LogP contribution in [-0.4, -0.2) is 6.04 Å². The van der Waals surface area contributed by atoms with E-state index in [0.717, 1.165) is 11.4 Å². The summed E-state index contributed by atoms with van der Waals surface area (Å²) in [6, 6.07) is 8.01. The Balaban J connectivity index is 0.00000121. The molecule has 0 aliphatic carbocycles. The Bertz CT molecular complexity index is 218. The lowest BCUT2D eigenvalue weighted by molar-refractivity contribution is 0.738. The van der Waals surface area contributed by atoms with Crippen molar-refractivity contribution in [1.82, 2.24) is 0 Å². The first-order valence-electron chi connectivity index (χ1n) is 3.68. The lowest BCUT2D eigenvalue weighted by Gasteiger charge is -2.03. The van der Waals surface area contributed by atoms with Gasteiger partial charge in [-0.25, -0.2) is 0 Å². The van der Waals surface area contributed by atoms with Crippen LogP contribution in [0.4, 0.5) is 0 Å². The van der Waals surface area contributed by atoms with Gasteiger partial charge in [0.15, 0.2) is 0 Å². The number of hydrogen-bond donors (Lipinski definition) is 1. The molecule has 12 heavy (non-hydrogen) atoms. The van der Waals surface area contributed by atoms with Crippen LogP contribution in [0.15, 0.2) is 24.3 Å². The quantitative estimate of drug-likeness (QED) is 0.790. The molecule has 0 aromatic heterocycles. The van der Waals surface area contributed by atoms with Crippen molar-refractivity contribution >= 4 is 24.0 Å². The number of hydrogen-bond acceptors (Lipinski definition) is 1. The molecule has 2 N–H and O–H groups in total. The molecule has 0 saturated heterocycles. The maximum Gasteiger partial charge on any atom is 0.0406 e. The third-order valence-corrected chi connectivity index (χ3v) is 1.72. The van der Waals surface area contributed by atoms with Crippen molar-refractivity contribution in [3.05, 3.63) is 34.9 Å². The summed E-state index contributed by atoms with van der Waals surface area (Å²) in [5.74, 6) is 0. The molecule has 68 valence electrons. The van der Waals surface area contributed by atoms with Gasteiger partial charge in [0.1, 0.15) is 0 Å². The molecule has 0 fully saturated rings. The second-order valence-electron chi connectivity index (χ2n) is 2.81. The van der Waals surface area contributed by atoms with Crippen LogP contribution in [0.5, 0.6) is 0 Å². The Morgan fingerprint density at radius 1 is 1.33 bits per heavy atom. The van der Waals surface area contributed by atoms with Gasteiger partial charge in [0.2, 0.25) is 0 Å². The zero-order valence-corrected chi connectivity index (χ0v) is 8.53. The van der Waals surface area contributed by atoms with Crippen LogP contribution in [0, 0.1) is 0 Å². The SMILES string of the molecule is C[C@@H](N)Cc1ccc(Cl)cc1.Cl. The Morgan fingerprint density at radius 3 is 2.25 bits per heavy atom. The summed E-state index contributed by atoms with van der Waals surface area (Å²) in [5.41, 5.74) is 6.87. The summed E-state index contributed by atoms with van der Waals surface area (Å²) < 4.78 is 0. The van der Waals surface area contributed by atoms with E-state index in [1.54, 1.807) is 0 Å². The average Bonchev–Trinajstić information content (AvgIpc) is 1.93. The molecule has 0 heterocycles. The van der Waals surface area contributed by atoms with Crippen LogP contribution < -0.4 is 5.73 Å². The summed E-state index contributed by atoms with van der Waals surface area (Å²) in [7, 11) is 0. The first-order chi connectivity index (χ1) is 5.18. The second-order valence-corrected chi connectivity index (χ2v) is 3.24. The fourth-order valence-corrected chi connectivity index (χ4v) is 1.12. The maximum atomic E-state index is 5.72. The highest BCUT2D eigenvalue weighted by atomic mass is 35.5. The van der Waals surface area contributed by atoms with Crippen molar-refractivity contribution in [2.45, 2.75) is 19.4 Å². The van der Waals surface area contributed by atoms with Crippen LogP contribution in [0.3, 0.4) is 0 Å². The topological polar surface area (TPSA) is 26.0 Å². The van der Waals surface area contributed by atoms with E-state index in [0.29, 0.717) is 0 Å². The van der Waals surface area contributed by atoms with Crippen molar-refractivity contribution in [3.63, 3.8) is 0 Å². The van der Waals surface area contributed by atoms with Crippen molar-refractivity contribution in [2.24, 2.45) is 5.73 Å². The van der Waals surface area contributed by atoms with Gasteiger partial charge in [-0.2, -0.15) is 0 Å². The van der Waals surface area contributed by atoms with Gasteiger partial charge >= 0.3 is 0 Å². The predicted octanol–water partition coefficient (Wildman–Crippen LogP) is 2.65. The van der Waals surface area contributed by atoms with Crippen LogP contribution >= 0.6 is 24.0 Å². The standard InChI is InChI=1S/C9H12ClN.ClH/c1-7(11)6-8-2-4-9(10)5-3-8;/h2-5,7H,6,11H2,1H3;1H/t7-;/m1./s1. The molecule has 0 unspecified atom stereocenters. The third kappa shape index (κ3) is 3.96. The largest absolute Gasteiger partial charge is 0.328 e. The molecule has 1 nitrogen and oxygen atoms in total. The van der Waals surface area contributed by atoms with E-state index in [-0.39, 0.29) is 18.4 Å². The first kappa shape index (κ1) is 11.8. The Morgan fingerprint density at radius 2 is 1.83 bits per heavy atom. The van der Waals surface area contributed by atoms with Crippen molar-refractivity contribution in [3.8, 4) is 0 Å². The third-order valence-electron chi connectivity index (χ3n) is 1.47. The smallest absolute Gasteiger partial charge is 0.0406 e. The van der Waals surface area contributed by atoms with E-state index < -0.39 is 0 Å². The molecule has 0 aliphatic heterocycles. The molecular formula is C9H13Cl2N. The molecule has 1 aromatic rings. The fraction of sp³-hybridized carbons (Fsp3) is 0.333. The Kier molecular flexibility index (Phi) is 5.31. The average molecular weight is 206 g/mol. The van der Waals surface area contributed by atoms with Gasteiger partial charge < -0.3 is 5.73 Å². The van der Waals surface area contributed by atoms with Gasteiger partial charge in [-0.05, 0) is 31.0 Å². The van der Waals surface area contributed by atoms with Crippen LogP contribution in [-0.2, 0) is 6.42 Å². The molecule has 1 rings (SSSR count). The number of benzene rings is 1. The molecule has 0 radical (unpaired) electrons. The summed E-state index contributed by atoms with van der Waals surface area (Å²) >= 11 is 5.72. The van der Waals surface area contributed by atoms with Crippen molar-refractivity contribution in [2.75, 3.05) is 0 Å². The highest BCUT2D eigenvalue weighted by Crippen LogP contribution is 2.10. The number of rotatable bonds is 2. The molecule has 0 spiro atoms. The van der Waals surface area contributed by atoms with Crippen LogP contribution in [0.25, 0.3) is 0 Å². The molecule has 3 heteroatoms. The molecular weight excluding hydrogens is 193 g/mol. The van der Waals surface area contributed by atoms with Crippen molar-refractivity contribution < 1.29 is 0 Å². The van der Waals surface area contributed by atoms with Crippen LogP contribution in [0.2, 0.25) is 5.02 Å². The number of nitrogens with two attached hydrogens (primary N) is 1. The lowest BCUT2D eigenvalue weighted by Crippen LogP contribution is -2.17. The van der Waals surface area contributed by atoms with Gasteiger partial charge in [0.05, 0.1) is 0 Å². The Hall–Kier alpha value is -0.240. The highest BCUT2D eigenvalue weighted by molar-refractivity contribution is 6.30. The molecule has 0 aliphatic rings. The van der Waals surface area contributed by atoms with Gasteiger partial charge in [-0.1, -0.05) is 23.7 Å². The zero-order valence-electron chi connectivity index (χ0n) is 6.96. The minimum Gasteiger partial charge on any atom is -0.328 e. The lowest BCUT2D eigenvalue weighted by atomic mass is 10.1. The van der Waals surface area contributed by atoms with Gasteiger partial charge in [-0.3, -0.25) is 0 Å². The highest BCUT2D eigenvalue weighted by Gasteiger charge is 1.96. The maximum absolute atomic E-state index is 5.72. The zero-order chi connectivity index (χ0) is 8.27. The predicted molar refractivity (Wildman–Crippen MR) is 56.1 cm³/mol. The summed E-state index contributed by atoms with van der Waals surface area (Å²) in [4.78, 5) is 0. The van der Waals surface area contributed by atoms with E-state index in [2.05, 4.69) is 0 Å². The van der Waals surface area contributed by atoms with Crippen LogP contribution in [0.1, 0.15) is 12.5 Å². The van der Waals surface area contributed by atoms with E-state index >= 15 is 0 Å². The fourth-order valence-electron chi connectivity index (χ4n) is 0.992. The van der Waals surface area contributed by atoms with Gasteiger partial charge in [-0.15, -0.1) is 12.4 Å². The number of halogens is 2. The van der Waals surface area contributed by atoms with E-state index in [9.17, 15) is 0 Å². The molecule has 0 saturated carbocycles. The molecule has 1 atom stereocenters. The van der Waals surface area contributed by atoms with Crippen molar-refractivity contribution in [1.29, 1.82) is 0 Å². The summed E-state index contributed by atoms with van der Waals surface area (Å²) in [6.45, 7) is 1.99. The summed E-state index contributed by atoms with van der Waals surface area (Å²) in [5, 5.41) is 0.776. The minimum atomic E-state index is 0.